The van der Waals surface area contributed by atoms with Gasteiger partial charge in [-0.1, -0.05) is 12.8 Å². The topological polar surface area (TPSA) is 54.9 Å². The van der Waals surface area contributed by atoms with E-state index < -0.39 is 0 Å². The number of hydrogen-bond acceptors (Lipinski definition) is 3. The van der Waals surface area contributed by atoms with Gasteiger partial charge in [0.25, 0.3) is 0 Å². The van der Waals surface area contributed by atoms with Crippen molar-refractivity contribution in [1.29, 1.82) is 0 Å². The predicted molar refractivity (Wildman–Crippen MR) is 94.9 cm³/mol. The molecular formula is C18H35N3O2. The summed E-state index contributed by atoms with van der Waals surface area (Å²) in [6.45, 7) is 4.56. The van der Waals surface area contributed by atoms with Crippen molar-refractivity contribution in [2.24, 2.45) is 16.3 Å². The Morgan fingerprint density at radius 2 is 1.96 bits per heavy atom. The van der Waals surface area contributed by atoms with Crippen LogP contribution >= 0.6 is 0 Å². The normalized spacial score (nSPS) is 20.7. The summed E-state index contributed by atoms with van der Waals surface area (Å²) in [5.41, 5.74) is 0.390. The van der Waals surface area contributed by atoms with Crippen LogP contribution in [0.1, 0.15) is 51.4 Å². The molecule has 2 saturated carbocycles. The maximum Gasteiger partial charge on any atom is 0.190 e. The molecule has 0 aromatic heterocycles. The van der Waals surface area contributed by atoms with E-state index in [4.69, 9.17) is 9.47 Å². The SMILES string of the molecule is CN=C(NCCCOCC1CC1)NCC1(CCOC)CCCC1. The summed E-state index contributed by atoms with van der Waals surface area (Å²) in [5, 5.41) is 6.92. The van der Waals surface area contributed by atoms with Crippen LogP contribution in [0.25, 0.3) is 0 Å². The third kappa shape index (κ3) is 7.08. The molecular weight excluding hydrogens is 290 g/mol. The molecule has 2 fully saturated rings. The van der Waals surface area contributed by atoms with Gasteiger partial charge in [0.1, 0.15) is 0 Å². The molecule has 2 rings (SSSR count). The molecule has 2 aliphatic rings. The van der Waals surface area contributed by atoms with E-state index in [9.17, 15) is 0 Å². The molecule has 0 aromatic rings. The van der Waals surface area contributed by atoms with Crippen LogP contribution < -0.4 is 10.6 Å². The van der Waals surface area contributed by atoms with Crippen molar-refractivity contribution in [3.05, 3.63) is 0 Å². The average Bonchev–Trinajstić information content (AvgIpc) is 3.28. The van der Waals surface area contributed by atoms with Crippen molar-refractivity contribution >= 4 is 5.96 Å². The molecule has 5 heteroatoms. The monoisotopic (exact) mass is 325 g/mol. The summed E-state index contributed by atoms with van der Waals surface area (Å²) in [7, 11) is 3.64. The molecule has 0 heterocycles. The van der Waals surface area contributed by atoms with Crippen LogP contribution in [0.4, 0.5) is 0 Å². The molecule has 0 atom stereocenters. The highest BCUT2D eigenvalue weighted by atomic mass is 16.5. The van der Waals surface area contributed by atoms with E-state index in [1.54, 1.807) is 7.11 Å². The highest BCUT2D eigenvalue weighted by Gasteiger charge is 2.33. The maximum atomic E-state index is 5.66. The third-order valence-electron chi connectivity index (χ3n) is 5.16. The van der Waals surface area contributed by atoms with Crippen LogP contribution in [0.15, 0.2) is 4.99 Å². The Labute approximate surface area is 141 Å². The molecule has 0 aromatic carbocycles. The first-order chi connectivity index (χ1) is 11.3. The van der Waals surface area contributed by atoms with Crippen molar-refractivity contribution < 1.29 is 9.47 Å². The second kappa shape index (κ2) is 10.1. The molecule has 0 bridgehead atoms. The second-order valence-corrected chi connectivity index (χ2v) is 7.17. The second-order valence-electron chi connectivity index (χ2n) is 7.17. The van der Waals surface area contributed by atoms with Crippen molar-refractivity contribution in [1.82, 2.24) is 10.6 Å². The maximum absolute atomic E-state index is 5.66. The number of nitrogens with one attached hydrogen (secondary N) is 2. The van der Waals surface area contributed by atoms with E-state index in [1.807, 2.05) is 7.05 Å². The zero-order chi connectivity index (χ0) is 16.4. The lowest BCUT2D eigenvalue weighted by Crippen LogP contribution is -2.43. The van der Waals surface area contributed by atoms with E-state index in [2.05, 4.69) is 15.6 Å². The molecule has 5 nitrogen and oxygen atoms in total. The van der Waals surface area contributed by atoms with Gasteiger partial charge in [-0.25, -0.2) is 0 Å². The minimum absolute atomic E-state index is 0.390. The summed E-state index contributed by atoms with van der Waals surface area (Å²) in [4.78, 5) is 4.34. The molecule has 0 saturated heterocycles. The van der Waals surface area contributed by atoms with E-state index in [1.165, 1.54) is 38.5 Å². The largest absolute Gasteiger partial charge is 0.385 e. The quantitative estimate of drug-likeness (QED) is 0.348. The number of guanidine groups is 1. The fraction of sp³-hybridized carbons (Fsp3) is 0.944. The minimum Gasteiger partial charge on any atom is -0.385 e. The molecule has 134 valence electrons. The van der Waals surface area contributed by atoms with Gasteiger partial charge in [-0.05, 0) is 49.9 Å². The van der Waals surface area contributed by atoms with Gasteiger partial charge in [0.15, 0.2) is 5.96 Å². The van der Waals surface area contributed by atoms with Gasteiger partial charge in [-0.3, -0.25) is 4.99 Å². The average molecular weight is 325 g/mol. The van der Waals surface area contributed by atoms with Crippen LogP contribution in [0.3, 0.4) is 0 Å². The molecule has 0 radical (unpaired) electrons. The van der Waals surface area contributed by atoms with Crippen LogP contribution in [-0.4, -0.2) is 53.0 Å². The van der Waals surface area contributed by atoms with Gasteiger partial charge in [-0.15, -0.1) is 0 Å². The molecule has 2 N–H and O–H groups in total. The summed E-state index contributed by atoms with van der Waals surface area (Å²) in [6.07, 6.45) is 10.2. The molecule has 0 unspecified atom stereocenters. The minimum atomic E-state index is 0.390. The van der Waals surface area contributed by atoms with Crippen molar-refractivity contribution in [3.8, 4) is 0 Å². The highest BCUT2D eigenvalue weighted by molar-refractivity contribution is 5.79. The van der Waals surface area contributed by atoms with E-state index in [-0.39, 0.29) is 0 Å². The zero-order valence-electron chi connectivity index (χ0n) is 15.0. The van der Waals surface area contributed by atoms with Crippen molar-refractivity contribution in [3.63, 3.8) is 0 Å². The molecule has 0 amide bonds. The number of rotatable bonds is 11. The van der Waals surface area contributed by atoms with Crippen LogP contribution in [-0.2, 0) is 9.47 Å². The lowest BCUT2D eigenvalue weighted by Gasteiger charge is -2.30. The van der Waals surface area contributed by atoms with Gasteiger partial charge in [0.2, 0.25) is 0 Å². The first-order valence-corrected chi connectivity index (χ1v) is 9.29. The standard InChI is InChI=1S/C18H35N3O2/c1-19-17(20-11-5-12-23-14-16-6-7-16)21-15-18(10-13-22-2)8-3-4-9-18/h16H,3-15H2,1-2H3,(H2,19,20,21). The molecule has 0 aliphatic heterocycles. The Balaban J connectivity index is 1.58. The Morgan fingerprint density at radius 1 is 1.17 bits per heavy atom. The fourth-order valence-electron chi connectivity index (χ4n) is 3.37. The van der Waals surface area contributed by atoms with Crippen molar-refractivity contribution in [2.75, 3.05) is 47.1 Å². The Kier molecular flexibility index (Phi) is 8.17. The molecule has 23 heavy (non-hydrogen) atoms. The summed E-state index contributed by atoms with van der Waals surface area (Å²) >= 11 is 0. The Bertz CT molecular complexity index is 350. The fourth-order valence-corrected chi connectivity index (χ4v) is 3.37. The number of aliphatic imine (C=N–C) groups is 1. The summed E-state index contributed by atoms with van der Waals surface area (Å²) in [5.74, 6) is 1.77. The number of nitrogens with zero attached hydrogens (tertiary/aromatic N) is 1. The third-order valence-corrected chi connectivity index (χ3v) is 5.16. The van der Waals surface area contributed by atoms with E-state index in [0.29, 0.717) is 5.41 Å². The van der Waals surface area contributed by atoms with Gasteiger partial charge >= 0.3 is 0 Å². The van der Waals surface area contributed by atoms with Crippen molar-refractivity contribution in [2.45, 2.75) is 51.4 Å². The lowest BCUT2D eigenvalue weighted by molar-refractivity contribution is 0.122. The summed E-state index contributed by atoms with van der Waals surface area (Å²) < 4.78 is 11.0. The first-order valence-electron chi connectivity index (χ1n) is 9.29. The lowest BCUT2D eigenvalue weighted by atomic mass is 9.83. The predicted octanol–water partition coefficient (Wildman–Crippen LogP) is 2.56. The van der Waals surface area contributed by atoms with Gasteiger partial charge < -0.3 is 20.1 Å². The highest BCUT2D eigenvalue weighted by Crippen LogP contribution is 2.40. The zero-order valence-corrected chi connectivity index (χ0v) is 15.0. The molecule has 2 aliphatic carbocycles. The van der Waals surface area contributed by atoms with Crippen LogP contribution in [0.2, 0.25) is 0 Å². The number of hydrogen-bond donors (Lipinski definition) is 2. The van der Waals surface area contributed by atoms with Gasteiger partial charge in [-0.2, -0.15) is 0 Å². The smallest absolute Gasteiger partial charge is 0.190 e. The number of ether oxygens (including phenoxy) is 2. The Morgan fingerprint density at radius 3 is 2.61 bits per heavy atom. The van der Waals surface area contributed by atoms with Gasteiger partial charge in [0, 0.05) is 47.1 Å². The van der Waals surface area contributed by atoms with Crippen LogP contribution in [0.5, 0.6) is 0 Å². The van der Waals surface area contributed by atoms with E-state index >= 15 is 0 Å². The summed E-state index contributed by atoms with van der Waals surface area (Å²) in [6, 6.07) is 0. The van der Waals surface area contributed by atoms with Gasteiger partial charge in [0.05, 0.1) is 0 Å². The first kappa shape index (κ1) is 18.5. The van der Waals surface area contributed by atoms with E-state index in [0.717, 1.165) is 57.6 Å². The number of methoxy groups -OCH3 is 1. The Hall–Kier alpha value is -0.810. The molecule has 0 spiro atoms. The van der Waals surface area contributed by atoms with Crippen LogP contribution in [0, 0.1) is 11.3 Å².